The van der Waals surface area contributed by atoms with Gasteiger partial charge in [0.1, 0.15) is 0 Å². The third-order valence-electron chi connectivity index (χ3n) is 0. The van der Waals surface area contributed by atoms with Crippen LogP contribution < -0.4 is 0 Å². The van der Waals surface area contributed by atoms with Gasteiger partial charge in [0.25, 0.3) is 0 Å². The minimum atomic E-state index is 0. The van der Waals surface area contributed by atoms with Crippen molar-refractivity contribution in [2.24, 2.45) is 0 Å². The second-order valence-corrected chi connectivity index (χ2v) is 0.316. The molecule has 0 bridgehead atoms. The number of aliphatic hydroxyl groups is 1. The van der Waals surface area contributed by atoms with Crippen molar-refractivity contribution in [3.8, 4) is 0 Å². The van der Waals surface area contributed by atoms with Crippen molar-refractivity contribution in [3.63, 3.8) is 0 Å². The molecule has 0 atom stereocenters. The molecule has 0 saturated carbocycles. The van der Waals surface area contributed by atoms with Crippen LogP contribution in [0, 0.1) is 0 Å². The van der Waals surface area contributed by atoms with Crippen LogP contribution in [-0.2, 0) is 0 Å². The first-order valence-corrected chi connectivity index (χ1v) is 1.02. The number of hydrogen-bond donors (Lipinski definition) is 1. The van der Waals surface area contributed by atoms with E-state index in [4.69, 9.17) is 5.11 Å². The standard InChI is InChI=1S/C2H6O.ClH.Sb.3H/c1-2-3;;;;;/h3H,2H2,1H3;1H;;;;. The van der Waals surface area contributed by atoms with E-state index in [1.807, 2.05) is 0 Å². The summed E-state index contributed by atoms with van der Waals surface area (Å²) in [4.78, 5) is 0. The third kappa shape index (κ3) is 41.8. The van der Waals surface area contributed by atoms with Crippen molar-refractivity contribution in [3.05, 3.63) is 0 Å². The molecule has 0 aromatic carbocycles. The normalized spacial score (nSPS) is 3.60. The third-order valence-corrected chi connectivity index (χ3v) is 0. The Labute approximate surface area is 55.6 Å². The Bertz CT molecular complexity index is 9.61. The monoisotopic (exact) mass is 206 g/mol. The topological polar surface area (TPSA) is 20.2 Å². The molecule has 0 aromatic heterocycles. The molecule has 0 amide bonds. The average Bonchev–Trinajstić information content (AvgIpc) is 0.918. The van der Waals surface area contributed by atoms with Crippen molar-refractivity contribution >= 4 is 36.8 Å². The number of halogens is 1. The zero-order chi connectivity index (χ0) is 2.71. The molecule has 0 aliphatic carbocycles. The molecule has 36 valence electrons. The van der Waals surface area contributed by atoms with Gasteiger partial charge in [-0.1, -0.05) is 0 Å². The van der Waals surface area contributed by atoms with Crippen LogP contribution in [0.25, 0.3) is 0 Å². The molecule has 1 nitrogen and oxygen atoms in total. The number of hydrogen-bond acceptors (Lipinski definition) is 1. The molecule has 0 aliphatic heterocycles. The van der Waals surface area contributed by atoms with Gasteiger partial charge >= 0.3 is 24.4 Å². The second kappa shape index (κ2) is 19.6. The Morgan fingerprint density at radius 3 is 1.60 bits per heavy atom. The fourth-order valence-electron chi connectivity index (χ4n) is 0. The van der Waals surface area contributed by atoms with Gasteiger partial charge in [0, 0.05) is 6.61 Å². The van der Waals surface area contributed by atoms with Crippen molar-refractivity contribution < 1.29 is 5.11 Å². The molecule has 0 spiro atoms. The van der Waals surface area contributed by atoms with Crippen LogP contribution in [0.4, 0.5) is 0 Å². The molecule has 0 heterocycles. The molecule has 3 heteroatoms. The molecule has 0 radical (unpaired) electrons. The van der Waals surface area contributed by atoms with E-state index in [9.17, 15) is 0 Å². The molecule has 0 aromatic rings. The van der Waals surface area contributed by atoms with Gasteiger partial charge in [0.05, 0.1) is 0 Å². The van der Waals surface area contributed by atoms with Gasteiger partial charge in [-0.3, -0.25) is 0 Å². The molecule has 1 N–H and O–H groups in total. The molecule has 0 rings (SSSR count). The number of rotatable bonds is 0. The molecule has 0 unspecified atom stereocenters. The average molecular weight is 207 g/mol. The van der Waals surface area contributed by atoms with Gasteiger partial charge in [-0.15, -0.1) is 12.4 Å². The van der Waals surface area contributed by atoms with Crippen molar-refractivity contribution in [1.82, 2.24) is 0 Å². The van der Waals surface area contributed by atoms with Gasteiger partial charge in [0.2, 0.25) is 0 Å². The van der Waals surface area contributed by atoms with E-state index in [2.05, 4.69) is 0 Å². The van der Waals surface area contributed by atoms with Crippen LogP contribution >= 0.6 is 12.4 Å². The zero-order valence-electron chi connectivity index (χ0n) is 3.27. The summed E-state index contributed by atoms with van der Waals surface area (Å²) in [6.45, 7) is 1.93. The minimum absolute atomic E-state index is 0. The van der Waals surface area contributed by atoms with Crippen molar-refractivity contribution in [2.75, 3.05) is 6.61 Å². The summed E-state index contributed by atoms with van der Waals surface area (Å²) in [7, 11) is 0. The van der Waals surface area contributed by atoms with Crippen LogP contribution in [0.2, 0.25) is 0 Å². The molecule has 0 saturated heterocycles. The zero-order valence-corrected chi connectivity index (χ0v) is 8.12. The van der Waals surface area contributed by atoms with Gasteiger partial charge in [-0.2, -0.15) is 0 Å². The van der Waals surface area contributed by atoms with E-state index in [0.717, 1.165) is 0 Å². The quantitative estimate of drug-likeness (QED) is 0.518. The van der Waals surface area contributed by atoms with Gasteiger partial charge in [-0.25, -0.2) is 0 Å². The Morgan fingerprint density at radius 2 is 1.60 bits per heavy atom. The molecule has 0 aliphatic rings. The van der Waals surface area contributed by atoms with Crippen LogP contribution in [0.5, 0.6) is 0 Å². The predicted molar refractivity (Wildman–Crippen MR) is 29.9 cm³/mol. The first kappa shape index (κ1) is 16.6. The fourth-order valence-corrected chi connectivity index (χ4v) is 0. The molecular weight excluding hydrogens is 197 g/mol. The van der Waals surface area contributed by atoms with E-state index < -0.39 is 0 Å². The maximum absolute atomic E-state index is 7.57. The summed E-state index contributed by atoms with van der Waals surface area (Å²) in [6, 6.07) is 0. The predicted octanol–water partition coefficient (Wildman–Crippen LogP) is -0.764. The van der Waals surface area contributed by atoms with Gasteiger partial charge in [-0.05, 0) is 6.92 Å². The Balaban J connectivity index is -0.0000000200. The summed E-state index contributed by atoms with van der Waals surface area (Å²) in [5.74, 6) is 0. The van der Waals surface area contributed by atoms with E-state index >= 15 is 0 Å². The van der Waals surface area contributed by atoms with E-state index in [1.54, 1.807) is 6.92 Å². The Kier molecular flexibility index (Phi) is 64.9. The van der Waals surface area contributed by atoms with E-state index in [-0.39, 0.29) is 43.4 Å². The molecule has 0 fully saturated rings. The maximum atomic E-state index is 7.57. The summed E-state index contributed by atoms with van der Waals surface area (Å²) in [5.41, 5.74) is 0. The van der Waals surface area contributed by atoms with E-state index in [0.29, 0.717) is 0 Å². The van der Waals surface area contributed by atoms with Crippen LogP contribution in [0.3, 0.4) is 0 Å². The molecular formula is C2H10ClOSb. The Hall–Kier alpha value is 1.07. The first-order chi connectivity index (χ1) is 1.41. The Morgan fingerprint density at radius 1 is 1.60 bits per heavy atom. The fraction of sp³-hybridized carbons (Fsp3) is 1.00. The number of aliphatic hydroxyl groups excluding tert-OH is 1. The summed E-state index contributed by atoms with van der Waals surface area (Å²) >= 11 is 0. The summed E-state index contributed by atoms with van der Waals surface area (Å²) in [5, 5.41) is 7.57. The van der Waals surface area contributed by atoms with Crippen molar-refractivity contribution in [2.45, 2.75) is 6.92 Å². The first-order valence-electron chi connectivity index (χ1n) is 1.02. The SMILES string of the molecule is CCO.Cl.[SbH3]. The van der Waals surface area contributed by atoms with E-state index in [1.165, 1.54) is 0 Å². The summed E-state index contributed by atoms with van der Waals surface area (Å²) in [6.07, 6.45) is 0. The van der Waals surface area contributed by atoms with Crippen LogP contribution in [-0.4, -0.2) is 36.1 Å². The second-order valence-electron chi connectivity index (χ2n) is 0.316. The van der Waals surface area contributed by atoms with Gasteiger partial charge in [0.15, 0.2) is 0 Å². The van der Waals surface area contributed by atoms with Gasteiger partial charge < -0.3 is 5.11 Å². The van der Waals surface area contributed by atoms with Crippen LogP contribution in [0.15, 0.2) is 0 Å². The van der Waals surface area contributed by atoms with Crippen molar-refractivity contribution in [1.29, 1.82) is 0 Å². The summed E-state index contributed by atoms with van der Waals surface area (Å²) < 4.78 is 0. The van der Waals surface area contributed by atoms with Crippen LogP contribution in [0.1, 0.15) is 6.92 Å². The molecule has 5 heavy (non-hydrogen) atoms.